The Morgan fingerprint density at radius 3 is 2.70 bits per heavy atom. The minimum atomic E-state index is -3.72. The number of hydrogen-bond donors (Lipinski definition) is 3. The van der Waals surface area contributed by atoms with Crippen molar-refractivity contribution in [2.45, 2.75) is 50.7 Å². The molecule has 4 rings (SSSR count). The average molecular weight is 467 g/mol. The van der Waals surface area contributed by atoms with Crippen LogP contribution in [0.4, 0.5) is 8.78 Å². The molecule has 1 fully saturated rings. The zero-order chi connectivity index (χ0) is 24.0. The number of nitrogens with zero attached hydrogens (tertiary/aromatic N) is 2. The molecule has 0 amide bonds. The van der Waals surface area contributed by atoms with Crippen LogP contribution in [-0.4, -0.2) is 58.0 Å². The molecule has 33 heavy (non-hydrogen) atoms. The molecular weight excluding hydrogens is 440 g/mol. The van der Waals surface area contributed by atoms with Crippen LogP contribution in [0.5, 0.6) is 11.5 Å². The highest BCUT2D eigenvalue weighted by atomic mass is 19.3. The summed E-state index contributed by atoms with van der Waals surface area (Å²) in [6.07, 6.45) is -1.51. The van der Waals surface area contributed by atoms with Crippen molar-refractivity contribution in [1.29, 1.82) is 0 Å². The van der Waals surface area contributed by atoms with Gasteiger partial charge in [0.2, 0.25) is 12.0 Å². The number of benzene rings is 1. The van der Waals surface area contributed by atoms with Gasteiger partial charge in [0.25, 0.3) is 0 Å². The summed E-state index contributed by atoms with van der Waals surface area (Å²) < 4.78 is 39.4. The fourth-order valence-electron chi connectivity index (χ4n) is 4.64. The predicted molar refractivity (Wildman–Crippen MR) is 112 cm³/mol. The first-order chi connectivity index (χ1) is 15.5. The first-order valence-electron chi connectivity index (χ1n) is 10.5. The Morgan fingerprint density at radius 2 is 2.03 bits per heavy atom. The molecule has 3 heterocycles. The van der Waals surface area contributed by atoms with E-state index in [1.165, 1.54) is 26.2 Å². The number of aliphatic hydroxyl groups excluding tert-OH is 1. The standard InChI is InChI=1S/C22H27F2N3O6/c1-13(15-6-7-17-18(10-15)33-22(23,24)32-17)26-12-27(30)19(20(28)31-3)16(21(27,2)29)9-14-5-4-8-25-11-14/h4-8,10-11,13,16,19-20,26,28-29H,9,12H2,1-3H3/t13-,16-,19+,20?,21?,27?/m1/s1. The number of rotatable bonds is 8. The Balaban J connectivity index is 1.49. The predicted octanol–water partition coefficient (Wildman–Crippen LogP) is 2.24. The number of alkyl halides is 2. The van der Waals surface area contributed by atoms with Gasteiger partial charge in [-0.25, -0.2) is 0 Å². The fourth-order valence-corrected chi connectivity index (χ4v) is 4.64. The zero-order valence-electron chi connectivity index (χ0n) is 18.4. The van der Waals surface area contributed by atoms with Crippen molar-refractivity contribution in [1.82, 2.24) is 10.3 Å². The summed E-state index contributed by atoms with van der Waals surface area (Å²) in [4.78, 5) is 4.06. The van der Waals surface area contributed by atoms with Gasteiger partial charge in [0.15, 0.2) is 17.5 Å². The van der Waals surface area contributed by atoms with Gasteiger partial charge in [-0.05, 0) is 42.7 Å². The Kier molecular flexibility index (Phi) is 6.06. The second-order valence-electron chi connectivity index (χ2n) is 8.64. The highest BCUT2D eigenvalue weighted by Gasteiger charge is 2.68. The van der Waals surface area contributed by atoms with Gasteiger partial charge >= 0.3 is 6.29 Å². The lowest BCUT2D eigenvalue weighted by atomic mass is 9.72. The molecule has 9 nitrogen and oxygen atoms in total. The largest absolute Gasteiger partial charge is 0.629 e. The fraction of sp³-hybridized carbons (Fsp3) is 0.500. The first-order valence-corrected chi connectivity index (χ1v) is 10.5. The summed E-state index contributed by atoms with van der Waals surface area (Å²) in [7, 11) is 1.29. The number of methoxy groups -OCH3 is 1. The molecule has 6 atom stereocenters. The lowest BCUT2D eigenvalue weighted by molar-refractivity contribution is -1.04. The number of aromatic nitrogens is 1. The summed E-state index contributed by atoms with van der Waals surface area (Å²) in [6, 6.07) is 6.54. The molecule has 2 aliphatic rings. The smallest absolute Gasteiger partial charge is 0.586 e. The Labute approximate surface area is 189 Å². The lowest BCUT2D eigenvalue weighted by Gasteiger charge is -2.69. The Bertz CT molecular complexity index is 995. The lowest BCUT2D eigenvalue weighted by Crippen LogP contribution is -2.85. The third-order valence-electron chi connectivity index (χ3n) is 6.63. The molecule has 1 aromatic heterocycles. The highest BCUT2D eigenvalue weighted by molar-refractivity contribution is 5.45. The van der Waals surface area contributed by atoms with Crippen LogP contribution in [0.3, 0.4) is 0 Å². The molecule has 1 aromatic carbocycles. The van der Waals surface area contributed by atoms with E-state index in [-0.39, 0.29) is 18.2 Å². The monoisotopic (exact) mass is 467 g/mol. The molecule has 3 unspecified atom stereocenters. The summed E-state index contributed by atoms with van der Waals surface area (Å²) in [5.74, 6) is -0.758. The molecular formula is C22H27F2N3O6. The van der Waals surface area contributed by atoms with Crippen LogP contribution in [0.1, 0.15) is 31.0 Å². The second kappa shape index (κ2) is 8.42. The molecule has 0 radical (unpaired) electrons. The number of hydrogen-bond acceptors (Lipinski definition) is 8. The van der Waals surface area contributed by atoms with Crippen molar-refractivity contribution in [3.05, 3.63) is 59.1 Å². The SMILES string of the molecule is COC(O)[C@@H]1[C@@H](Cc2cccnc2)C(C)(O)[N+]1([O-])CN[C@H](C)c1ccc2c(c1)OC(F)(F)O2. The minimum Gasteiger partial charge on any atom is -0.629 e. The van der Waals surface area contributed by atoms with Crippen LogP contribution in [0.2, 0.25) is 0 Å². The number of aliphatic hydroxyl groups is 2. The Hall–Kier alpha value is -2.41. The van der Waals surface area contributed by atoms with Crippen molar-refractivity contribution in [3.63, 3.8) is 0 Å². The molecule has 0 aliphatic carbocycles. The maximum Gasteiger partial charge on any atom is 0.586 e. The topological polar surface area (TPSA) is 116 Å². The van der Waals surface area contributed by atoms with E-state index in [0.717, 1.165) is 5.56 Å². The third kappa shape index (κ3) is 4.16. The molecule has 3 N–H and O–H groups in total. The van der Waals surface area contributed by atoms with Gasteiger partial charge in [-0.1, -0.05) is 12.1 Å². The van der Waals surface area contributed by atoms with E-state index < -0.39 is 41.0 Å². The van der Waals surface area contributed by atoms with Crippen molar-refractivity contribution in [2.75, 3.05) is 13.8 Å². The molecule has 2 aliphatic heterocycles. The molecule has 0 bridgehead atoms. The molecule has 180 valence electrons. The van der Waals surface area contributed by atoms with Crippen LogP contribution >= 0.6 is 0 Å². The number of fused-ring (bicyclic) bond motifs is 1. The zero-order valence-corrected chi connectivity index (χ0v) is 18.4. The number of ether oxygens (including phenoxy) is 3. The van der Waals surface area contributed by atoms with Crippen LogP contribution in [0.25, 0.3) is 0 Å². The van der Waals surface area contributed by atoms with Gasteiger partial charge in [0.05, 0.1) is 0 Å². The number of nitrogens with one attached hydrogen (secondary N) is 1. The highest BCUT2D eigenvalue weighted by Crippen LogP contribution is 2.50. The van der Waals surface area contributed by atoms with Gasteiger partial charge < -0.3 is 34.3 Å². The number of hydroxylamine groups is 3. The van der Waals surface area contributed by atoms with Crippen LogP contribution in [0, 0.1) is 11.1 Å². The van der Waals surface area contributed by atoms with Crippen molar-refractivity contribution >= 4 is 0 Å². The number of pyridine rings is 1. The van der Waals surface area contributed by atoms with E-state index in [1.807, 2.05) is 6.07 Å². The molecule has 0 spiro atoms. The van der Waals surface area contributed by atoms with Gasteiger partial charge in [-0.2, -0.15) is 0 Å². The second-order valence-corrected chi connectivity index (χ2v) is 8.64. The van der Waals surface area contributed by atoms with E-state index in [0.29, 0.717) is 12.0 Å². The van der Waals surface area contributed by atoms with E-state index in [9.17, 15) is 24.2 Å². The van der Waals surface area contributed by atoms with E-state index >= 15 is 0 Å². The first kappa shape index (κ1) is 23.7. The average Bonchev–Trinajstić information content (AvgIpc) is 3.10. The van der Waals surface area contributed by atoms with Gasteiger partial charge in [-0.15, -0.1) is 8.78 Å². The summed E-state index contributed by atoms with van der Waals surface area (Å²) in [5, 5.41) is 38.4. The van der Waals surface area contributed by atoms with Crippen molar-refractivity contribution in [3.8, 4) is 11.5 Å². The van der Waals surface area contributed by atoms with E-state index in [1.54, 1.807) is 31.5 Å². The molecule has 1 saturated heterocycles. The summed E-state index contributed by atoms with van der Waals surface area (Å²) >= 11 is 0. The molecule has 11 heteroatoms. The Morgan fingerprint density at radius 1 is 1.30 bits per heavy atom. The molecule has 2 aromatic rings. The van der Waals surface area contributed by atoms with Crippen molar-refractivity contribution in [2.24, 2.45) is 5.92 Å². The normalized spacial score (nSPS) is 31.6. The van der Waals surface area contributed by atoms with Gasteiger partial charge in [0, 0.05) is 32.5 Å². The third-order valence-corrected chi connectivity index (χ3v) is 6.63. The maximum atomic E-state index is 13.8. The van der Waals surface area contributed by atoms with Crippen LogP contribution < -0.4 is 14.8 Å². The quantitative estimate of drug-likeness (QED) is 0.308. The maximum absolute atomic E-state index is 13.8. The van der Waals surface area contributed by atoms with Gasteiger partial charge in [0.1, 0.15) is 12.6 Å². The van der Waals surface area contributed by atoms with Crippen molar-refractivity contribution < 1.29 is 37.9 Å². The number of likely N-dealkylation sites (tertiary alicyclic amines) is 1. The summed E-state index contributed by atoms with van der Waals surface area (Å²) in [6.45, 7) is 2.92. The van der Waals surface area contributed by atoms with E-state index in [4.69, 9.17) is 4.74 Å². The van der Waals surface area contributed by atoms with Gasteiger partial charge in [-0.3, -0.25) is 10.3 Å². The number of quaternary nitrogens is 1. The minimum absolute atomic E-state index is 0.0736. The molecule has 0 saturated carbocycles. The van der Waals surface area contributed by atoms with E-state index in [2.05, 4.69) is 19.8 Å². The number of halogens is 2. The summed E-state index contributed by atoms with van der Waals surface area (Å²) in [5.41, 5.74) is -0.317. The van der Waals surface area contributed by atoms with Crippen LogP contribution in [0.15, 0.2) is 42.7 Å². The van der Waals surface area contributed by atoms with Crippen LogP contribution in [-0.2, 0) is 11.2 Å².